The van der Waals surface area contributed by atoms with Crippen molar-refractivity contribution >= 4 is 21.9 Å². The van der Waals surface area contributed by atoms with Crippen LogP contribution in [-0.4, -0.2) is 42.5 Å². The van der Waals surface area contributed by atoms with Gasteiger partial charge < -0.3 is 9.42 Å². The normalized spacial score (nSPS) is 14.1. The van der Waals surface area contributed by atoms with E-state index in [2.05, 4.69) is 10.1 Å². The number of sulfonamides is 1. The van der Waals surface area contributed by atoms with E-state index in [9.17, 15) is 22.0 Å². The van der Waals surface area contributed by atoms with Gasteiger partial charge >= 0.3 is 0 Å². The highest BCUT2D eigenvalue weighted by Crippen LogP contribution is 2.24. The smallest absolute Gasteiger partial charge is 0.277 e. The molecule has 0 bridgehead atoms. The molecule has 0 spiro atoms. The van der Waals surface area contributed by atoms with Crippen LogP contribution < -0.4 is 4.72 Å². The molecule has 8 nitrogen and oxygen atoms in total. The van der Waals surface area contributed by atoms with Crippen LogP contribution in [0, 0.1) is 11.6 Å². The zero-order valence-electron chi connectivity index (χ0n) is 15.5. The first kappa shape index (κ1) is 20.0. The second-order valence-corrected chi connectivity index (χ2v) is 8.33. The summed E-state index contributed by atoms with van der Waals surface area (Å²) in [6.07, 6.45) is 1.70. The lowest BCUT2D eigenvalue weighted by Crippen LogP contribution is -2.28. The zero-order valence-corrected chi connectivity index (χ0v) is 16.3. The van der Waals surface area contributed by atoms with Crippen molar-refractivity contribution in [1.29, 1.82) is 0 Å². The molecule has 0 radical (unpaired) electrons. The van der Waals surface area contributed by atoms with Crippen molar-refractivity contribution in [2.75, 3.05) is 17.8 Å². The maximum absolute atomic E-state index is 14.5. The average molecular weight is 434 g/mol. The van der Waals surface area contributed by atoms with Crippen LogP contribution in [0.5, 0.6) is 0 Å². The van der Waals surface area contributed by atoms with Gasteiger partial charge in [-0.25, -0.2) is 21.9 Å². The van der Waals surface area contributed by atoms with Gasteiger partial charge in [-0.15, -0.1) is 0 Å². The van der Waals surface area contributed by atoms with Crippen molar-refractivity contribution in [3.63, 3.8) is 0 Å². The van der Waals surface area contributed by atoms with Crippen LogP contribution in [0.25, 0.3) is 11.5 Å². The van der Waals surface area contributed by atoms with Gasteiger partial charge in [0.05, 0.1) is 16.0 Å². The summed E-state index contributed by atoms with van der Waals surface area (Å²) in [5.74, 6) is -2.70. The summed E-state index contributed by atoms with van der Waals surface area (Å²) < 4.78 is 60.3. The van der Waals surface area contributed by atoms with Gasteiger partial charge in [0.25, 0.3) is 27.8 Å². The van der Waals surface area contributed by atoms with Crippen molar-refractivity contribution in [1.82, 2.24) is 15.0 Å². The highest BCUT2D eigenvalue weighted by atomic mass is 32.2. The zero-order chi connectivity index (χ0) is 21.3. The summed E-state index contributed by atoms with van der Waals surface area (Å²) in [5, 5.41) is 3.47. The Hall–Kier alpha value is -3.34. The first-order valence-electron chi connectivity index (χ1n) is 9.05. The Labute approximate surface area is 170 Å². The third-order valence-corrected chi connectivity index (χ3v) is 5.96. The van der Waals surface area contributed by atoms with Gasteiger partial charge in [-0.2, -0.15) is 4.98 Å². The van der Waals surface area contributed by atoms with Gasteiger partial charge in [0.15, 0.2) is 0 Å². The Kier molecular flexibility index (Phi) is 5.20. The van der Waals surface area contributed by atoms with Gasteiger partial charge in [0, 0.05) is 13.1 Å². The molecule has 0 aliphatic carbocycles. The number of carbonyl (C=O) groups excluding carboxylic acids is 1. The van der Waals surface area contributed by atoms with Crippen molar-refractivity contribution < 1.29 is 26.5 Å². The summed E-state index contributed by atoms with van der Waals surface area (Å²) in [6, 6.07) is 8.62. The summed E-state index contributed by atoms with van der Waals surface area (Å²) >= 11 is 0. The van der Waals surface area contributed by atoms with Crippen LogP contribution >= 0.6 is 0 Å². The number of amides is 1. The van der Waals surface area contributed by atoms with E-state index in [1.807, 2.05) is 4.72 Å². The summed E-state index contributed by atoms with van der Waals surface area (Å²) in [5.41, 5.74) is -0.191. The molecule has 156 valence electrons. The predicted molar refractivity (Wildman–Crippen MR) is 102 cm³/mol. The Bertz CT molecular complexity index is 1210. The fraction of sp³-hybridized carbons (Fsp3) is 0.211. The van der Waals surface area contributed by atoms with E-state index in [1.54, 1.807) is 6.07 Å². The molecule has 2 heterocycles. The molecule has 1 N–H and O–H groups in total. The second kappa shape index (κ2) is 7.82. The molecule has 1 aliphatic rings. The molecular weight excluding hydrogens is 418 g/mol. The fourth-order valence-corrected chi connectivity index (χ4v) is 4.06. The highest BCUT2D eigenvalue weighted by Gasteiger charge is 2.25. The predicted octanol–water partition coefficient (Wildman–Crippen LogP) is 3.05. The Morgan fingerprint density at radius 1 is 1.07 bits per heavy atom. The van der Waals surface area contributed by atoms with Crippen LogP contribution in [-0.2, 0) is 10.0 Å². The molecular formula is C19H16F2N4O4S. The first-order chi connectivity index (χ1) is 14.3. The van der Waals surface area contributed by atoms with Crippen LogP contribution in [0.15, 0.2) is 51.9 Å². The number of nitrogens with zero attached hydrogens (tertiary/aromatic N) is 3. The maximum atomic E-state index is 14.5. The number of hydrogen-bond acceptors (Lipinski definition) is 6. The van der Waals surface area contributed by atoms with Gasteiger partial charge in [-0.1, -0.05) is 12.1 Å². The summed E-state index contributed by atoms with van der Waals surface area (Å²) in [4.78, 5) is 17.3. The van der Waals surface area contributed by atoms with Crippen LogP contribution in [0.4, 0.5) is 14.7 Å². The number of aromatic nitrogens is 2. The highest BCUT2D eigenvalue weighted by molar-refractivity contribution is 7.92. The lowest BCUT2D eigenvalue weighted by atomic mass is 10.2. The minimum atomic E-state index is -4.27. The second-order valence-electron chi connectivity index (χ2n) is 6.65. The first-order valence-corrected chi connectivity index (χ1v) is 10.5. The maximum Gasteiger partial charge on any atom is 0.277 e. The minimum absolute atomic E-state index is 0.00581. The van der Waals surface area contributed by atoms with E-state index in [1.165, 1.54) is 23.1 Å². The van der Waals surface area contributed by atoms with Crippen LogP contribution in [0.2, 0.25) is 0 Å². The largest absolute Gasteiger partial charge is 0.339 e. The standard InChI is InChI=1S/C19H16F2N4O4S/c20-15-6-2-1-5-13(15)17-22-19(23-29-17)24-30(27,28)12-7-8-14(16(21)11-12)18(26)25-9-3-4-10-25/h1-2,5-8,11H,3-4,9-10H2,(H,23,24). The van der Waals surface area contributed by atoms with Gasteiger partial charge in [-0.05, 0) is 48.3 Å². The van der Waals surface area contributed by atoms with Crippen molar-refractivity contribution in [3.05, 3.63) is 59.7 Å². The molecule has 2 aromatic carbocycles. The summed E-state index contributed by atoms with van der Waals surface area (Å²) in [6.45, 7) is 1.09. The minimum Gasteiger partial charge on any atom is -0.339 e. The SMILES string of the molecule is O=C(c1ccc(S(=O)(=O)Nc2noc(-c3ccccc3F)n2)cc1F)N1CCCC1. The van der Waals surface area contributed by atoms with E-state index < -0.39 is 38.4 Å². The molecule has 1 fully saturated rings. The average Bonchev–Trinajstić information content (AvgIpc) is 3.40. The molecule has 0 atom stereocenters. The van der Waals surface area contributed by atoms with Gasteiger partial charge in [-0.3, -0.25) is 4.79 Å². The molecule has 1 saturated heterocycles. The van der Waals surface area contributed by atoms with Crippen molar-refractivity contribution in [2.45, 2.75) is 17.7 Å². The van der Waals surface area contributed by atoms with Gasteiger partial charge in [0.1, 0.15) is 11.6 Å². The van der Waals surface area contributed by atoms with Crippen molar-refractivity contribution in [2.24, 2.45) is 0 Å². The number of nitrogens with one attached hydrogen (secondary N) is 1. The van der Waals surface area contributed by atoms with Crippen LogP contribution in [0.1, 0.15) is 23.2 Å². The molecule has 4 rings (SSSR count). The van der Waals surface area contributed by atoms with E-state index in [0.29, 0.717) is 13.1 Å². The van der Waals surface area contributed by atoms with Crippen LogP contribution in [0.3, 0.4) is 0 Å². The third-order valence-electron chi connectivity index (χ3n) is 4.63. The molecule has 1 amide bonds. The number of carbonyl (C=O) groups is 1. The number of benzene rings is 2. The number of halogens is 2. The Morgan fingerprint density at radius 2 is 1.80 bits per heavy atom. The van der Waals surface area contributed by atoms with E-state index in [0.717, 1.165) is 31.0 Å². The molecule has 0 saturated carbocycles. The van der Waals surface area contributed by atoms with E-state index in [4.69, 9.17) is 4.52 Å². The fourth-order valence-electron chi connectivity index (χ4n) is 3.12. The van der Waals surface area contributed by atoms with Gasteiger partial charge in [0.2, 0.25) is 0 Å². The number of rotatable bonds is 5. The number of hydrogen-bond donors (Lipinski definition) is 1. The molecule has 30 heavy (non-hydrogen) atoms. The number of likely N-dealkylation sites (tertiary alicyclic amines) is 1. The quantitative estimate of drug-likeness (QED) is 0.662. The molecule has 1 aliphatic heterocycles. The Balaban J connectivity index is 1.55. The molecule has 11 heteroatoms. The van der Waals surface area contributed by atoms with E-state index in [-0.39, 0.29) is 17.0 Å². The third kappa shape index (κ3) is 3.88. The summed E-state index contributed by atoms with van der Waals surface area (Å²) in [7, 11) is -4.27. The Morgan fingerprint density at radius 3 is 2.50 bits per heavy atom. The lowest BCUT2D eigenvalue weighted by Gasteiger charge is -2.16. The topological polar surface area (TPSA) is 105 Å². The molecule has 1 aromatic heterocycles. The van der Waals surface area contributed by atoms with E-state index >= 15 is 0 Å². The molecule has 0 unspecified atom stereocenters. The monoisotopic (exact) mass is 434 g/mol. The number of anilines is 1. The molecule has 3 aromatic rings. The lowest BCUT2D eigenvalue weighted by molar-refractivity contribution is 0.0788. The van der Waals surface area contributed by atoms with Crippen molar-refractivity contribution in [3.8, 4) is 11.5 Å².